The van der Waals surface area contributed by atoms with E-state index in [1.54, 1.807) is 18.3 Å². The smallest absolute Gasteiger partial charge is 0.255 e. The van der Waals surface area contributed by atoms with E-state index in [1.807, 2.05) is 28.5 Å². The first kappa shape index (κ1) is 20.0. The van der Waals surface area contributed by atoms with Crippen LogP contribution in [0.3, 0.4) is 0 Å². The first-order valence-corrected chi connectivity index (χ1v) is 10.9. The normalized spacial score (nSPS) is 16.6. The van der Waals surface area contributed by atoms with Crippen LogP contribution in [-0.2, 0) is 4.74 Å². The molecule has 150 valence electrons. The molecule has 1 fully saturated rings. The number of amides is 1. The standard InChI is InChI=1S/C21H19BrFN3O2S/c22-15-3-6-19(24-11-15)25-12-17-13-28-9-8-26(17)21(27)18-7-10-29-20(18)14-1-4-16(23)5-2-14/h1-7,10-11,17H,8-9,12-13H2,(H,24,25). The number of hydrogen-bond acceptors (Lipinski definition) is 5. The fourth-order valence-corrected chi connectivity index (χ4v) is 4.38. The maximum absolute atomic E-state index is 13.3. The van der Waals surface area contributed by atoms with Gasteiger partial charge in [-0.2, -0.15) is 0 Å². The second-order valence-corrected chi connectivity index (χ2v) is 8.47. The molecule has 1 aliphatic heterocycles. The average Bonchev–Trinajstić information content (AvgIpc) is 3.23. The van der Waals surface area contributed by atoms with Gasteiger partial charge in [-0.05, 0) is 57.2 Å². The van der Waals surface area contributed by atoms with Crippen molar-refractivity contribution >= 4 is 39.0 Å². The molecule has 8 heteroatoms. The van der Waals surface area contributed by atoms with Crippen LogP contribution < -0.4 is 5.32 Å². The highest BCUT2D eigenvalue weighted by Gasteiger charge is 2.30. The van der Waals surface area contributed by atoms with Gasteiger partial charge in [0.05, 0.1) is 24.8 Å². The maximum Gasteiger partial charge on any atom is 0.255 e. The number of hydrogen-bond donors (Lipinski definition) is 1. The van der Waals surface area contributed by atoms with Crippen LogP contribution in [0.2, 0.25) is 0 Å². The summed E-state index contributed by atoms with van der Waals surface area (Å²) in [7, 11) is 0. The van der Waals surface area contributed by atoms with Gasteiger partial charge in [0.1, 0.15) is 11.6 Å². The Bertz CT molecular complexity index is 978. The van der Waals surface area contributed by atoms with Gasteiger partial charge in [-0.15, -0.1) is 11.3 Å². The number of nitrogens with one attached hydrogen (secondary N) is 1. The summed E-state index contributed by atoms with van der Waals surface area (Å²) < 4.78 is 19.8. The number of ether oxygens (including phenoxy) is 1. The molecule has 29 heavy (non-hydrogen) atoms. The molecule has 5 nitrogen and oxygen atoms in total. The molecule has 0 spiro atoms. The van der Waals surface area contributed by atoms with E-state index in [0.29, 0.717) is 31.9 Å². The average molecular weight is 476 g/mol. The van der Waals surface area contributed by atoms with Gasteiger partial charge in [0.15, 0.2) is 0 Å². The molecule has 0 aliphatic carbocycles. The van der Waals surface area contributed by atoms with E-state index in [1.165, 1.54) is 23.5 Å². The number of halogens is 2. The lowest BCUT2D eigenvalue weighted by Gasteiger charge is -2.36. The van der Waals surface area contributed by atoms with Crippen LogP contribution in [0.5, 0.6) is 0 Å². The van der Waals surface area contributed by atoms with Crippen LogP contribution in [0, 0.1) is 5.82 Å². The molecule has 0 saturated carbocycles. The van der Waals surface area contributed by atoms with Crippen molar-refractivity contribution in [1.29, 1.82) is 0 Å². The lowest BCUT2D eigenvalue weighted by atomic mass is 10.1. The Balaban J connectivity index is 1.51. The summed E-state index contributed by atoms with van der Waals surface area (Å²) >= 11 is 4.85. The number of aromatic nitrogens is 1. The van der Waals surface area contributed by atoms with E-state index in [2.05, 4.69) is 26.2 Å². The molecule has 3 heterocycles. The Morgan fingerprint density at radius 2 is 2.10 bits per heavy atom. The molecule has 1 saturated heterocycles. The van der Waals surface area contributed by atoms with Crippen LogP contribution in [0.15, 0.2) is 58.5 Å². The van der Waals surface area contributed by atoms with Crippen molar-refractivity contribution in [3.8, 4) is 10.4 Å². The first-order valence-electron chi connectivity index (χ1n) is 9.19. The van der Waals surface area contributed by atoms with Gasteiger partial charge >= 0.3 is 0 Å². The second-order valence-electron chi connectivity index (χ2n) is 6.64. The Kier molecular flexibility index (Phi) is 6.22. The van der Waals surface area contributed by atoms with Crippen molar-refractivity contribution in [2.24, 2.45) is 0 Å². The van der Waals surface area contributed by atoms with E-state index in [-0.39, 0.29) is 17.8 Å². The predicted molar refractivity (Wildman–Crippen MR) is 116 cm³/mol. The van der Waals surface area contributed by atoms with Crippen molar-refractivity contribution in [1.82, 2.24) is 9.88 Å². The van der Waals surface area contributed by atoms with E-state index < -0.39 is 0 Å². The zero-order valence-electron chi connectivity index (χ0n) is 15.5. The molecule has 0 radical (unpaired) electrons. The van der Waals surface area contributed by atoms with E-state index in [9.17, 15) is 9.18 Å². The van der Waals surface area contributed by atoms with Gasteiger partial charge in [-0.25, -0.2) is 9.37 Å². The second kappa shape index (κ2) is 9.02. The SMILES string of the molecule is O=C(c1ccsc1-c1ccc(F)cc1)N1CCOCC1CNc1ccc(Br)cn1. The monoisotopic (exact) mass is 475 g/mol. The minimum Gasteiger partial charge on any atom is -0.377 e. The zero-order valence-corrected chi connectivity index (χ0v) is 17.9. The number of nitrogens with zero attached hydrogens (tertiary/aromatic N) is 2. The minimum atomic E-state index is -0.293. The van der Waals surface area contributed by atoms with Gasteiger partial charge in [0.25, 0.3) is 5.91 Å². The third kappa shape index (κ3) is 4.66. The molecule has 1 atom stereocenters. The molecule has 4 rings (SSSR count). The summed E-state index contributed by atoms with van der Waals surface area (Å²) in [5.41, 5.74) is 1.47. The molecule has 1 N–H and O–H groups in total. The Labute approximate surface area is 180 Å². The number of rotatable bonds is 5. The van der Waals surface area contributed by atoms with Crippen LogP contribution in [-0.4, -0.2) is 48.1 Å². The third-order valence-electron chi connectivity index (χ3n) is 4.74. The topological polar surface area (TPSA) is 54.5 Å². The molecule has 0 bridgehead atoms. The van der Waals surface area contributed by atoms with Crippen LogP contribution in [0.25, 0.3) is 10.4 Å². The summed E-state index contributed by atoms with van der Waals surface area (Å²) in [4.78, 5) is 20.4. The largest absolute Gasteiger partial charge is 0.377 e. The van der Waals surface area contributed by atoms with Gasteiger partial charge in [-0.3, -0.25) is 4.79 Å². The Morgan fingerprint density at radius 3 is 2.86 bits per heavy atom. The van der Waals surface area contributed by atoms with E-state index in [0.717, 1.165) is 20.7 Å². The van der Waals surface area contributed by atoms with E-state index >= 15 is 0 Å². The highest BCUT2D eigenvalue weighted by atomic mass is 79.9. The highest BCUT2D eigenvalue weighted by Crippen LogP contribution is 2.31. The Hall–Kier alpha value is -2.29. The highest BCUT2D eigenvalue weighted by molar-refractivity contribution is 9.10. The molecule has 1 aromatic carbocycles. The van der Waals surface area contributed by atoms with Crippen molar-refractivity contribution in [3.63, 3.8) is 0 Å². The summed E-state index contributed by atoms with van der Waals surface area (Å²) in [5, 5.41) is 5.17. The van der Waals surface area contributed by atoms with Crippen molar-refractivity contribution in [2.45, 2.75) is 6.04 Å². The molecular weight excluding hydrogens is 457 g/mol. The number of thiophene rings is 1. The molecular formula is C21H19BrFN3O2S. The van der Waals surface area contributed by atoms with Crippen molar-refractivity contribution in [2.75, 3.05) is 31.6 Å². The maximum atomic E-state index is 13.3. The van der Waals surface area contributed by atoms with Crippen LogP contribution >= 0.6 is 27.3 Å². The van der Waals surface area contributed by atoms with E-state index in [4.69, 9.17) is 4.74 Å². The fraction of sp³-hybridized carbons (Fsp3) is 0.238. The number of carbonyl (C=O) groups is 1. The minimum absolute atomic E-state index is 0.0376. The van der Waals surface area contributed by atoms with Crippen molar-refractivity contribution < 1.29 is 13.9 Å². The summed E-state index contributed by atoms with van der Waals surface area (Å²) in [5.74, 6) is 0.414. The molecule has 2 aromatic heterocycles. The van der Waals surface area contributed by atoms with Gasteiger partial charge < -0.3 is 15.0 Å². The number of pyridine rings is 1. The van der Waals surface area contributed by atoms with Gasteiger partial charge in [0.2, 0.25) is 0 Å². The quantitative estimate of drug-likeness (QED) is 0.582. The van der Waals surface area contributed by atoms with Crippen LogP contribution in [0.4, 0.5) is 10.2 Å². The zero-order chi connectivity index (χ0) is 20.2. The number of carbonyl (C=O) groups excluding carboxylic acids is 1. The third-order valence-corrected chi connectivity index (χ3v) is 6.17. The first-order chi connectivity index (χ1) is 14.1. The number of benzene rings is 1. The van der Waals surface area contributed by atoms with Gasteiger partial charge in [-0.1, -0.05) is 12.1 Å². The predicted octanol–water partition coefficient (Wildman–Crippen LogP) is 4.66. The summed E-state index contributed by atoms with van der Waals surface area (Å²) in [6.45, 7) is 2.04. The van der Waals surface area contributed by atoms with Gasteiger partial charge in [0, 0.05) is 28.6 Å². The molecule has 1 amide bonds. The lowest BCUT2D eigenvalue weighted by molar-refractivity contribution is 0.00203. The number of anilines is 1. The lowest BCUT2D eigenvalue weighted by Crippen LogP contribution is -2.51. The Morgan fingerprint density at radius 1 is 1.28 bits per heavy atom. The van der Waals surface area contributed by atoms with Crippen LogP contribution in [0.1, 0.15) is 10.4 Å². The molecule has 1 aliphatic rings. The molecule has 1 unspecified atom stereocenters. The molecule has 3 aromatic rings. The fourth-order valence-electron chi connectivity index (χ4n) is 3.25. The summed E-state index contributed by atoms with van der Waals surface area (Å²) in [6, 6.07) is 11.8. The summed E-state index contributed by atoms with van der Waals surface area (Å²) in [6.07, 6.45) is 1.73. The number of morpholine rings is 1. The van der Waals surface area contributed by atoms with Crippen molar-refractivity contribution in [3.05, 3.63) is 69.9 Å².